The van der Waals surface area contributed by atoms with Crippen LogP contribution >= 0.6 is 31.9 Å². The molecule has 1 heterocycles. The highest BCUT2D eigenvalue weighted by Gasteiger charge is 2.04. The molecule has 2 rings (SSSR count). The van der Waals surface area contributed by atoms with Crippen LogP contribution in [0, 0.1) is 6.92 Å². The van der Waals surface area contributed by atoms with Gasteiger partial charge in [0.15, 0.2) is 11.3 Å². The van der Waals surface area contributed by atoms with E-state index in [0.29, 0.717) is 16.2 Å². The van der Waals surface area contributed by atoms with Crippen molar-refractivity contribution < 1.29 is 13.9 Å². The third kappa shape index (κ3) is 5.02. The normalized spacial score (nSPS) is 10.8. The summed E-state index contributed by atoms with van der Waals surface area (Å²) in [5.41, 5.74) is 3.49. The van der Waals surface area contributed by atoms with Crippen molar-refractivity contribution in [3.8, 4) is 5.75 Å². The fourth-order valence-corrected chi connectivity index (χ4v) is 2.02. The number of ether oxygens (including phenoxy) is 1. The molecule has 0 radical (unpaired) electrons. The van der Waals surface area contributed by atoms with Gasteiger partial charge in [-0.25, -0.2) is 5.43 Å². The Morgan fingerprint density at radius 1 is 1.38 bits per heavy atom. The summed E-state index contributed by atoms with van der Waals surface area (Å²) < 4.78 is 11.9. The van der Waals surface area contributed by atoms with E-state index in [2.05, 4.69) is 42.4 Å². The van der Waals surface area contributed by atoms with E-state index in [4.69, 9.17) is 9.15 Å². The number of halogens is 2. The highest BCUT2D eigenvalue weighted by molar-refractivity contribution is 9.13. The van der Waals surface area contributed by atoms with Crippen molar-refractivity contribution in [2.45, 2.75) is 6.92 Å². The molecule has 0 unspecified atom stereocenters. The van der Waals surface area contributed by atoms with Gasteiger partial charge in [-0.15, -0.1) is 0 Å². The van der Waals surface area contributed by atoms with Gasteiger partial charge in [0.25, 0.3) is 5.91 Å². The van der Waals surface area contributed by atoms with Crippen molar-refractivity contribution in [2.75, 3.05) is 6.61 Å². The summed E-state index contributed by atoms with van der Waals surface area (Å²) in [5.74, 6) is 0.795. The Kier molecular flexibility index (Phi) is 5.58. The van der Waals surface area contributed by atoms with Crippen LogP contribution in [0.4, 0.5) is 0 Å². The number of hydrazone groups is 1. The monoisotopic (exact) mass is 414 g/mol. The van der Waals surface area contributed by atoms with Crippen molar-refractivity contribution in [1.29, 1.82) is 0 Å². The molecule has 1 aromatic heterocycles. The maximum atomic E-state index is 11.5. The first kappa shape index (κ1) is 15.8. The largest absolute Gasteiger partial charge is 0.484 e. The molecule has 1 aromatic carbocycles. The predicted octanol–water partition coefficient (Wildman–Crippen LogP) is 3.64. The molecule has 1 amide bonds. The lowest BCUT2D eigenvalue weighted by Gasteiger charge is -2.04. The third-order valence-corrected chi connectivity index (χ3v) is 4.15. The number of carbonyl (C=O) groups is 1. The SMILES string of the molecule is Cc1ccc(OCC(=O)N/N=C/c2cc(Br)c(Br)o2)cc1. The van der Waals surface area contributed by atoms with Gasteiger partial charge in [0.05, 0.1) is 10.7 Å². The Morgan fingerprint density at radius 3 is 2.71 bits per heavy atom. The zero-order valence-corrected chi connectivity index (χ0v) is 14.3. The number of rotatable bonds is 5. The summed E-state index contributed by atoms with van der Waals surface area (Å²) in [7, 11) is 0. The number of nitrogens with zero attached hydrogens (tertiary/aromatic N) is 1. The summed E-state index contributed by atoms with van der Waals surface area (Å²) >= 11 is 6.49. The van der Waals surface area contributed by atoms with Crippen LogP contribution in [0.2, 0.25) is 0 Å². The van der Waals surface area contributed by atoms with Gasteiger partial charge >= 0.3 is 0 Å². The van der Waals surface area contributed by atoms with Crippen LogP contribution < -0.4 is 10.2 Å². The highest BCUT2D eigenvalue weighted by atomic mass is 79.9. The summed E-state index contributed by atoms with van der Waals surface area (Å²) in [5, 5.41) is 3.78. The fourth-order valence-electron chi connectivity index (χ4n) is 1.41. The molecule has 0 fully saturated rings. The van der Waals surface area contributed by atoms with E-state index in [-0.39, 0.29) is 12.5 Å². The van der Waals surface area contributed by atoms with E-state index in [1.807, 2.05) is 31.2 Å². The second-order valence-electron chi connectivity index (χ2n) is 4.17. The number of carbonyl (C=O) groups excluding carboxylic acids is 1. The molecule has 5 nitrogen and oxygen atoms in total. The molecule has 0 saturated heterocycles. The van der Waals surface area contributed by atoms with Crippen molar-refractivity contribution in [3.05, 3.63) is 50.8 Å². The minimum absolute atomic E-state index is 0.105. The number of hydrogen-bond donors (Lipinski definition) is 1. The zero-order valence-electron chi connectivity index (χ0n) is 11.1. The molecule has 110 valence electrons. The smallest absolute Gasteiger partial charge is 0.277 e. The molecule has 0 atom stereocenters. The second-order valence-corrected chi connectivity index (χ2v) is 5.74. The summed E-state index contributed by atoms with van der Waals surface area (Å²) in [6.07, 6.45) is 1.40. The first-order valence-corrected chi connectivity index (χ1v) is 7.59. The Morgan fingerprint density at radius 2 is 2.10 bits per heavy atom. The van der Waals surface area contributed by atoms with E-state index in [1.165, 1.54) is 6.21 Å². The fraction of sp³-hybridized carbons (Fsp3) is 0.143. The van der Waals surface area contributed by atoms with Gasteiger partial charge in [0.1, 0.15) is 11.5 Å². The Balaban J connectivity index is 1.78. The minimum atomic E-state index is -0.350. The van der Waals surface area contributed by atoms with Crippen LogP contribution in [0.25, 0.3) is 0 Å². The maximum Gasteiger partial charge on any atom is 0.277 e. The van der Waals surface area contributed by atoms with Gasteiger partial charge in [0.2, 0.25) is 0 Å². The van der Waals surface area contributed by atoms with E-state index in [0.717, 1.165) is 10.0 Å². The van der Waals surface area contributed by atoms with E-state index in [9.17, 15) is 4.79 Å². The van der Waals surface area contributed by atoms with Crippen LogP contribution in [0.15, 0.2) is 49.0 Å². The number of furan rings is 1. The van der Waals surface area contributed by atoms with Crippen molar-refractivity contribution in [1.82, 2.24) is 5.43 Å². The predicted molar refractivity (Wildman–Crippen MR) is 86.5 cm³/mol. The molecule has 0 aliphatic carbocycles. The van der Waals surface area contributed by atoms with Crippen LogP contribution in [-0.4, -0.2) is 18.7 Å². The molecule has 0 aliphatic heterocycles. The van der Waals surface area contributed by atoms with Gasteiger partial charge in [-0.2, -0.15) is 5.10 Å². The van der Waals surface area contributed by atoms with E-state index in [1.54, 1.807) is 6.07 Å². The quantitative estimate of drug-likeness (QED) is 0.598. The molecule has 2 aromatic rings. The first-order valence-electron chi connectivity index (χ1n) is 6.01. The molecule has 0 spiro atoms. The molecule has 0 saturated carbocycles. The van der Waals surface area contributed by atoms with Crippen molar-refractivity contribution in [3.63, 3.8) is 0 Å². The third-order valence-electron chi connectivity index (χ3n) is 2.44. The van der Waals surface area contributed by atoms with Crippen LogP contribution in [0.3, 0.4) is 0 Å². The molecule has 1 N–H and O–H groups in total. The lowest BCUT2D eigenvalue weighted by molar-refractivity contribution is -0.123. The Bertz CT molecular complexity index is 631. The summed E-state index contributed by atoms with van der Waals surface area (Å²) in [6, 6.07) is 9.17. The number of aryl methyl sites for hydroxylation is 1. The average Bonchev–Trinajstić information content (AvgIpc) is 2.77. The van der Waals surface area contributed by atoms with Gasteiger partial charge in [-0.05, 0) is 50.9 Å². The zero-order chi connectivity index (χ0) is 15.2. The number of nitrogens with one attached hydrogen (secondary N) is 1. The number of benzene rings is 1. The van der Waals surface area contributed by atoms with Crippen molar-refractivity contribution in [2.24, 2.45) is 5.10 Å². The van der Waals surface area contributed by atoms with E-state index < -0.39 is 0 Å². The van der Waals surface area contributed by atoms with Gasteiger partial charge in [-0.1, -0.05) is 17.7 Å². The summed E-state index contributed by atoms with van der Waals surface area (Å²) in [6.45, 7) is 1.88. The standard InChI is InChI=1S/C14H12Br2N2O3/c1-9-2-4-10(5-3-9)20-8-13(19)18-17-7-11-6-12(15)14(16)21-11/h2-7H,8H2,1H3,(H,18,19)/b17-7+. The van der Waals surface area contributed by atoms with Gasteiger partial charge < -0.3 is 9.15 Å². The highest BCUT2D eigenvalue weighted by Crippen LogP contribution is 2.25. The molecule has 0 bridgehead atoms. The van der Waals surface area contributed by atoms with E-state index >= 15 is 0 Å². The van der Waals surface area contributed by atoms with Gasteiger partial charge in [-0.3, -0.25) is 4.79 Å². The first-order chi connectivity index (χ1) is 10.0. The second kappa shape index (κ2) is 7.42. The topological polar surface area (TPSA) is 63.8 Å². The molecular weight excluding hydrogens is 404 g/mol. The molecule has 7 heteroatoms. The van der Waals surface area contributed by atoms with Crippen LogP contribution in [0.1, 0.15) is 11.3 Å². The summed E-state index contributed by atoms with van der Waals surface area (Å²) in [4.78, 5) is 11.5. The van der Waals surface area contributed by atoms with Crippen molar-refractivity contribution >= 4 is 44.0 Å². The molecular formula is C14H12Br2N2O3. The molecule has 21 heavy (non-hydrogen) atoms. The number of amides is 1. The van der Waals surface area contributed by atoms with Crippen LogP contribution in [0.5, 0.6) is 5.75 Å². The average molecular weight is 416 g/mol. The lowest BCUT2D eigenvalue weighted by Crippen LogP contribution is -2.24. The maximum absolute atomic E-state index is 11.5. The Hall–Kier alpha value is -1.60. The van der Waals surface area contributed by atoms with Gasteiger partial charge in [0, 0.05) is 6.07 Å². The molecule has 0 aliphatic rings. The minimum Gasteiger partial charge on any atom is -0.484 e. The van der Waals surface area contributed by atoms with Crippen LogP contribution in [-0.2, 0) is 4.79 Å². The Labute approximate surface area is 138 Å². The lowest BCUT2D eigenvalue weighted by atomic mass is 10.2. The number of hydrogen-bond acceptors (Lipinski definition) is 4.